The Morgan fingerprint density at radius 1 is 0.592 bits per heavy atom. The molecule has 2 amide bonds. The Morgan fingerprint density at radius 3 is 1.37 bits per heavy atom. The molecule has 1 aliphatic carbocycles. The minimum Gasteiger partial charge on any atom is -0.494 e. The van der Waals surface area contributed by atoms with Gasteiger partial charge >= 0.3 is 0 Å². The molecule has 0 atom stereocenters. The number of nitrogens with zero attached hydrogens (tertiary/aromatic N) is 13. The Kier molecular flexibility index (Phi) is 25.7. The predicted molar refractivity (Wildman–Crippen MR) is 398 cm³/mol. The number of Topliss-reactive ketones (excluding diaryl/α,β-unsaturated/α-hetero) is 2. The van der Waals surface area contributed by atoms with Crippen LogP contribution in [0.15, 0.2) is 119 Å². The number of hydrogen-bond acceptors (Lipinski definition) is 30. The van der Waals surface area contributed by atoms with Gasteiger partial charge < -0.3 is 59.8 Å². The highest BCUT2D eigenvalue weighted by molar-refractivity contribution is 7.99. The van der Waals surface area contributed by atoms with Gasteiger partial charge in [-0.2, -0.15) is 41.8 Å². The van der Waals surface area contributed by atoms with E-state index < -0.39 is 53.4 Å². The van der Waals surface area contributed by atoms with Gasteiger partial charge in [-0.3, -0.25) is 28.3 Å². The molecule has 546 valence electrons. The number of thioether (sulfide) groups is 1. The molecule has 103 heavy (non-hydrogen) atoms. The van der Waals surface area contributed by atoms with Gasteiger partial charge in [0.15, 0.2) is 16.7 Å². The van der Waals surface area contributed by atoms with Crippen molar-refractivity contribution in [2.75, 3.05) is 134 Å². The normalized spacial score (nSPS) is 15.0. The van der Waals surface area contributed by atoms with E-state index in [2.05, 4.69) is 31.1 Å². The van der Waals surface area contributed by atoms with E-state index in [9.17, 15) is 45.1 Å². The number of nitrogens with one attached hydrogen (secondary N) is 4. The number of benzene rings is 4. The zero-order chi connectivity index (χ0) is 73.5. The van der Waals surface area contributed by atoms with Crippen LogP contribution in [0.3, 0.4) is 0 Å². The van der Waals surface area contributed by atoms with E-state index in [1.807, 2.05) is 49.6 Å². The van der Waals surface area contributed by atoms with Crippen molar-refractivity contribution in [2.24, 2.45) is 20.5 Å². The van der Waals surface area contributed by atoms with Crippen LogP contribution in [0, 0.1) is 0 Å². The highest BCUT2D eigenvalue weighted by Crippen LogP contribution is 2.45. The van der Waals surface area contributed by atoms with Crippen molar-refractivity contribution in [3.63, 3.8) is 0 Å². The Bertz CT molecular complexity index is 4360. The molecule has 2 saturated heterocycles. The van der Waals surface area contributed by atoms with Crippen molar-refractivity contribution in [3.05, 3.63) is 93.7 Å². The molecule has 0 bridgehead atoms. The van der Waals surface area contributed by atoms with E-state index in [1.54, 1.807) is 38.1 Å². The van der Waals surface area contributed by atoms with E-state index in [0.717, 1.165) is 90.4 Å². The second-order valence-electron chi connectivity index (χ2n) is 23.4. The number of hydrogen-bond donors (Lipinski definition) is 6. The molecule has 2 aliphatic heterocycles. The number of aromatic nitrogens is 5. The lowest BCUT2D eigenvalue weighted by Crippen LogP contribution is -2.36. The number of morpholine rings is 2. The molecule has 10 rings (SSSR count). The average molecular weight is 1510 g/mol. The number of carbonyl (C=O) groups is 4. The van der Waals surface area contributed by atoms with Gasteiger partial charge in [-0.25, -0.2) is 0 Å². The zero-order valence-corrected chi connectivity index (χ0v) is 61.9. The monoisotopic (exact) mass is 1510 g/mol. The smallest absolute Gasteiger partial charge is 0.294 e. The Balaban J connectivity index is 1.04. The summed E-state index contributed by atoms with van der Waals surface area (Å²) in [6, 6.07) is 17.2. The molecule has 1 saturated carbocycles. The number of rotatable bonds is 30. The SMILES string of the molecule is CCN(CC)c1cc(Nc2nc(Nc3cc(N(CC)CC)c(OC)cc3N=Nc3nc(N4CCOCC4)c(C=C(C(C)=O)C(=O)Nc4cccc(S(=O)(=O)O)c4)s3)nc(SC3CCCCC3)n2)c(N=Nc2nc(N3CCOCC3)c(C=C(C(C)=O)C(=O)Nc3cccc(S(=O)(=O)O)c3)s2)cc1OC. The number of azo groups is 2. The van der Waals surface area contributed by atoms with Crippen LogP contribution in [0.25, 0.3) is 12.2 Å². The van der Waals surface area contributed by atoms with E-state index in [-0.39, 0.29) is 61.3 Å². The van der Waals surface area contributed by atoms with Crippen molar-refractivity contribution in [3.8, 4) is 11.5 Å². The molecule has 7 aromatic rings. The molecule has 4 aromatic carbocycles. The van der Waals surface area contributed by atoms with E-state index in [0.29, 0.717) is 128 Å². The summed E-state index contributed by atoms with van der Waals surface area (Å²) in [5, 5.41) is 32.0. The summed E-state index contributed by atoms with van der Waals surface area (Å²) in [5.74, 6) is -0.835. The van der Waals surface area contributed by atoms with Crippen molar-refractivity contribution >= 4 is 169 Å². The minimum absolute atomic E-state index is 0.0217. The molecule has 3 aromatic heterocycles. The number of anilines is 10. The van der Waals surface area contributed by atoms with E-state index >= 15 is 0 Å². The fourth-order valence-corrected chi connectivity index (χ4v) is 15.3. The van der Waals surface area contributed by atoms with Gasteiger partial charge in [0, 0.05) is 81.1 Å². The first kappa shape index (κ1) is 76.2. The van der Waals surface area contributed by atoms with Gasteiger partial charge in [0.25, 0.3) is 32.1 Å². The van der Waals surface area contributed by atoms with Gasteiger partial charge in [-0.05, 0) is 115 Å². The standard InChI is InChI=1S/C67H79N17O14S5/c1-9-81(10-2)53-36-49(51(38-55(53)95-7)77-79-66-72-59(83-24-28-97-29-25-83)57(100-66)34-47(40(5)85)61(87)68-42-18-16-22-45(32-42)102(89,90)91)70-63-74-64(76-65(75-63)99-44-20-14-13-15-21-44)71-50-37-54(82(11-3)12-4)56(96-8)39-52(50)78-80-67-73-60(84-26-30-98-31-27-84)58(101-67)35-48(41(6)86)62(88)69-43-19-17-23-46(33-43)103(92,93)94/h16-19,22-23,32-39,44H,9-15,20-21,24-31H2,1-8H3,(H,68,87)(H,69,88)(H,89,90,91)(H,92,93,94)(H2,70,71,74,75,76). The van der Waals surface area contributed by atoms with Gasteiger partial charge in [0.2, 0.25) is 22.2 Å². The molecule has 3 aliphatic rings. The lowest BCUT2D eigenvalue weighted by atomic mass is 10.0. The van der Waals surface area contributed by atoms with Crippen molar-refractivity contribution in [2.45, 2.75) is 93.8 Å². The molecule has 0 spiro atoms. The first-order chi connectivity index (χ1) is 49.4. The number of ether oxygens (including phenoxy) is 4. The van der Waals surface area contributed by atoms with E-state index in [1.165, 1.54) is 50.3 Å². The van der Waals surface area contributed by atoms with Crippen molar-refractivity contribution in [1.82, 2.24) is 24.9 Å². The van der Waals surface area contributed by atoms with Crippen molar-refractivity contribution in [1.29, 1.82) is 0 Å². The van der Waals surface area contributed by atoms with Crippen LogP contribution in [-0.2, 0) is 48.9 Å². The van der Waals surface area contributed by atoms with Gasteiger partial charge in [-0.15, -0.1) is 20.5 Å². The highest BCUT2D eigenvalue weighted by Gasteiger charge is 2.28. The van der Waals surface area contributed by atoms with Crippen LogP contribution in [0.2, 0.25) is 0 Å². The van der Waals surface area contributed by atoms with Crippen LogP contribution in [0.5, 0.6) is 11.5 Å². The maximum Gasteiger partial charge on any atom is 0.294 e. The second kappa shape index (κ2) is 34.7. The molecule has 5 heterocycles. The lowest BCUT2D eigenvalue weighted by Gasteiger charge is -2.27. The summed E-state index contributed by atoms with van der Waals surface area (Å²) in [5.41, 5.74) is 2.33. The number of methoxy groups -OCH3 is 2. The zero-order valence-electron chi connectivity index (χ0n) is 57.8. The molecule has 0 unspecified atom stereocenters. The molecule has 0 radical (unpaired) electrons. The highest BCUT2D eigenvalue weighted by atomic mass is 32.2. The lowest BCUT2D eigenvalue weighted by molar-refractivity contribution is -0.120. The largest absolute Gasteiger partial charge is 0.494 e. The second-order valence-corrected chi connectivity index (χ2v) is 29.6. The fourth-order valence-electron chi connectivity index (χ4n) is 11.4. The van der Waals surface area contributed by atoms with E-state index in [4.69, 9.17) is 64.3 Å². The first-order valence-corrected chi connectivity index (χ1v) is 38.5. The van der Waals surface area contributed by atoms with Crippen LogP contribution in [-0.4, -0.2) is 172 Å². The summed E-state index contributed by atoms with van der Waals surface area (Å²) >= 11 is 3.68. The Hall–Kier alpha value is -9.40. The quantitative estimate of drug-likeness (QED) is 0.00800. The van der Waals surface area contributed by atoms with Crippen molar-refractivity contribution < 1.29 is 64.1 Å². The van der Waals surface area contributed by atoms with Crippen LogP contribution in [0.1, 0.15) is 83.4 Å². The number of amides is 2. The maximum atomic E-state index is 13.9. The average Bonchev–Trinajstić information content (AvgIpc) is 1.36. The van der Waals surface area contributed by atoms with Crippen LogP contribution < -0.4 is 50.3 Å². The van der Waals surface area contributed by atoms with Crippen LogP contribution >= 0.6 is 34.4 Å². The molecule has 3 fully saturated rings. The summed E-state index contributed by atoms with van der Waals surface area (Å²) in [4.78, 5) is 87.2. The fraction of sp³-hybridized carbons (Fsp3) is 0.388. The van der Waals surface area contributed by atoms with Gasteiger partial charge in [0.05, 0.1) is 94.1 Å². The third kappa shape index (κ3) is 19.7. The summed E-state index contributed by atoms with van der Waals surface area (Å²) in [7, 11) is -6.10. The molecule has 36 heteroatoms. The third-order valence-corrected chi connectivity index (χ3v) is 21.3. The minimum atomic E-state index is -4.61. The summed E-state index contributed by atoms with van der Waals surface area (Å²) < 4.78 is 90.5. The third-order valence-electron chi connectivity index (χ3n) is 16.7. The molecule has 31 nitrogen and oxygen atoms in total. The van der Waals surface area contributed by atoms with Gasteiger partial charge in [-0.1, -0.05) is 65.8 Å². The van der Waals surface area contributed by atoms with Gasteiger partial charge in [0.1, 0.15) is 34.5 Å². The Morgan fingerprint density at radius 2 is 1.00 bits per heavy atom. The summed E-state index contributed by atoms with van der Waals surface area (Å²) in [6.07, 6.45) is 7.92. The van der Waals surface area contributed by atoms with Crippen LogP contribution in [0.4, 0.5) is 79.3 Å². The molecular formula is C67H79N17O14S5. The number of carbonyl (C=O) groups excluding carboxylic acids is 4. The topological polar surface area (TPSA) is 389 Å². The predicted octanol–water partition coefficient (Wildman–Crippen LogP) is 12.6. The number of ketones is 2. The number of thiazole rings is 2. The molecular weight excluding hydrogens is 1430 g/mol. The summed E-state index contributed by atoms with van der Waals surface area (Å²) in [6.45, 7) is 16.2. The maximum absolute atomic E-state index is 13.9. The Labute approximate surface area is 608 Å². The first-order valence-electron chi connectivity index (χ1n) is 33.1. The molecule has 6 N–H and O–H groups in total.